The lowest BCUT2D eigenvalue weighted by Gasteiger charge is -2.29. The molecule has 0 radical (unpaired) electrons. The highest BCUT2D eigenvalue weighted by Gasteiger charge is 2.39. The van der Waals surface area contributed by atoms with E-state index in [4.69, 9.17) is 4.74 Å². The molecule has 0 fully saturated rings. The van der Waals surface area contributed by atoms with Crippen LogP contribution in [0.25, 0.3) is 5.57 Å². The van der Waals surface area contributed by atoms with Crippen LogP contribution < -0.4 is 0 Å². The molecule has 2 aromatic rings. The Kier molecular flexibility index (Phi) is 4.90. The normalized spacial score (nSPS) is 20.6. The van der Waals surface area contributed by atoms with Gasteiger partial charge in [0.05, 0.1) is 6.61 Å². The monoisotopic (exact) mass is 344 g/mol. The van der Waals surface area contributed by atoms with Crippen LogP contribution in [0, 0.1) is 11.7 Å². The Labute approximate surface area is 143 Å². The molecular weight excluding hydrogens is 327 g/mol. The van der Waals surface area contributed by atoms with E-state index in [1.807, 2.05) is 16.8 Å². The molecule has 124 valence electrons. The molecule has 0 bridgehead atoms. The summed E-state index contributed by atoms with van der Waals surface area (Å²) in [6.07, 6.45) is 2.08. The van der Waals surface area contributed by atoms with Crippen molar-refractivity contribution in [2.75, 3.05) is 6.61 Å². The molecule has 0 N–H and O–H groups in total. The second-order valence-electron chi connectivity index (χ2n) is 5.68. The second-order valence-corrected chi connectivity index (χ2v) is 6.46. The van der Waals surface area contributed by atoms with Gasteiger partial charge in [0, 0.05) is 5.92 Å². The zero-order valence-corrected chi connectivity index (χ0v) is 14.0. The highest BCUT2D eigenvalue weighted by atomic mass is 32.1. The first-order chi connectivity index (χ1) is 11.6. The van der Waals surface area contributed by atoms with Crippen molar-refractivity contribution in [3.63, 3.8) is 0 Å². The average molecular weight is 344 g/mol. The third kappa shape index (κ3) is 3.31. The maximum atomic E-state index is 13.2. The van der Waals surface area contributed by atoms with Crippen LogP contribution in [0.3, 0.4) is 0 Å². The molecule has 2 atom stereocenters. The third-order valence-electron chi connectivity index (χ3n) is 4.20. The molecule has 0 spiro atoms. The van der Waals surface area contributed by atoms with Crippen LogP contribution in [0.15, 0.2) is 47.2 Å². The molecule has 24 heavy (non-hydrogen) atoms. The number of rotatable bonds is 4. The van der Waals surface area contributed by atoms with Crippen molar-refractivity contribution in [1.29, 1.82) is 0 Å². The molecule has 0 saturated heterocycles. The summed E-state index contributed by atoms with van der Waals surface area (Å²) in [7, 11) is 0. The predicted molar refractivity (Wildman–Crippen MR) is 91.2 cm³/mol. The van der Waals surface area contributed by atoms with E-state index >= 15 is 0 Å². The first kappa shape index (κ1) is 16.6. The van der Waals surface area contributed by atoms with E-state index in [9.17, 15) is 14.0 Å². The maximum Gasteiger partial charge on any atom is 0.317 e. The van der Waals surface area contributed by atoms with E-state index in [0.29, 0.717) is 6.42 Å². The number of carbonyl (C=O) groups is 2. The van der Waals surface area contributed by atoms with Gasteiger partial charge in [-0.3, -0.25) is 9.59 Å². The second kappa shape index (κ2) is 7.09. The molecule has 3 nitrogen and oxygen atoms in total. The quantitative estimate of drug-likeness (QED) is 0.616. The van der Waals surface area contributed by atoms with E-state index < -0.39 is 11.9 Å². The van der Waals surface area contributed by atoms with Gasteiger partial charge >= 0.3 is 5.97 Å². The largest absolute Gasteiger partial charge is 0.465 e. The van der Waals surface area contributed by atoms with E-state index in [0.717, 1.165) is 16.7 Å². The molecule has 1 aromatic carbocycles. The Balaban J connectivity index is 2.00. The van der Waals surface area contributed by atoms with Gasteiger partial charge in [-0.2, -0.15) is 11.3 Å². The van der Waals surface area contributed by atoms with Crippen LogP contribution in [0.2, 0.25) is 0 Å². The Bertz CT molecular complexity index is 762. The Morgan fingerprint density at radius 2 is 2.04 bits per heavy atom. The zero-order chi connectivity index (χ0) is 17.1. The number of hydrogen-bond acceptors (Lipinski definition) is 4. The first-order valence-electron chi connectivity index (χ1n) is 7.79. The van der Waals surface area contributed by atoms with Gasteiger partial charge in [0.1, 0.15) is 11.7 Å². The lowest BCUT2D eigenvalue weighted by atomic mass is 9.74. The summed E-state index contributed by atoms with van der Waals surface area (Å²) in [5.74, 6) is -2.34. The molecule has 0 saturated carbocycles. The van der Waals surface area contributed by atoms with Crippen molar-refractivity contribution in [2.24, 2.45) is 5.92 Å². The summed E-state index contributed by atoms with van der Waals surface area (Å²) in [5, 5.41) is 3.93. The molecule has 0 aliphatic heterocycles. The van der Waals surface area contributed by atoms with E-state index in [2.05, 4.69) is 0 Å². The van der Waals surface area contributed by atoms with Gasteiger partial charge < -0.3 is 4.74 Å². The number of allylic oxidation sites excluding steroid dienone is 2. The highest BCUT2D eigenvalue weighted by Crippen LogP contribution is 2.40. The van der Waals surface area contributed by atoms with E-state index in [-0.39, 0.29) is 24.1 Å². The molecular formula is C19H17FO3S. The van der Waals surface area contributed by atoms with Crippen molar-refractivity contribution >= 4 is 28.7 Å². The van der Waals surface area contributed by atoms with Crippen molar-refractivity contribution in [1.82, 2.24) is 0 Å². The molecule has 1 aliphatic rings. The number of thiophene rings is 1. The van der Waals surface area contributed by atoms with Crippen molar-refractivity contribution in [3.8, 4) is 0 Å². The van der Waals surface area contributed by atoms with Crippen LogP contribution in [0.5, 0.6) is 0 Å². The van der Waals surface area contributed by atoms with Gasteiger partial charge in [-0.05, 0) is 65.1 Å². The molecule has 5 heteroatoms. The highest BCUT2D eigenvalue weighted by molar-refractivity contribution is 7.08. The van der Waals surface area contributed by atoms with Crippen LogP contribution in [0.4, 0.5) is 4.39 Å². The zero-order valence-electron chi connectivity index (χ0n) is 13.2. The fourth-order valence-electron chi connectivity index (χ4n) is 3.05. The van der Waals surface area contributed by atoms with Crippen LogP contribution in [-0.2, 0) is 14.3 Å². The summed E-state index contributed by atoms with van der Waals surface area (Å²) in [6.45, 7) is 1.94. The van der Waals surface area contributed by atoms with Gasteiger partial charge in [-0.1, -0.05) is 12.1 Å². The molecule has 1 aromatic heterocycles. The van der Waals surface area contributed by atoms with Crippen LogP contribution >= 0.6 is 11.3 Å². The summed E-state index contributed by atoms with van der Waals surface area (Å²) in [4.78, 5) is 24.9. The maximum absolute atomic E-state index is 13.2. The number of ketones is 1. The summed E-state index contributed by atoms with van der Waals surface area (Å²) in [5.41, 5.74) is 2.66. The molecule has 3 rings (SSSR count). The smallest absolute Gasteiger partial charge is 0.317 e. The van der Waals surface area contributed by atoms with Crippen molar-refractivity contribution in [3.05, 3.63) is 64.1 Å². The van der Waals surface area contributed by atoms with Crippen LogP contribution in [-0.4, -0.2) is 18.4 Å². The minimum Gasteiger partial charge on any atom is -0.465 e. The molecule has 2 unspecified atom stereocenters. The van der Waals surface area contributed by atoms with Crippen molar-refractivity contribution in [2.45, 2.75) is 19.3 Å². The van der Waals surface area contributed by atoms with Gasteiger partial charge in [-0.25, -0.2) is 4.39 Å². The first-order valence-corrected chi connectivity index (χ1v) is 8.73. The number of hydrogen-bond donors (Lipinski definition) is 0. The van der Waals surface area contributed by atoms with Gasteiger partial charge in [0.15, 0.2) is 5.78 Å². The average Bonchev–Trinajstić information content (AvgIpc) is 3.09. The SMILES string of the molecule is CCOC(=O)C1C(=O)C=C(c2ccsc2)CC1c1ccc(F)cc1. The fraction of sp³-hybridized carbons (Fsp3) is 0.263. The number of carbonyl (C=O) groups excluding carboxylic acids is 2. The van der Waals surface area contributed by atoms with E-state index in [1.165, 1.54) is 12.1 Å². The van der Waals surface area contributed by atoms with Crippen molar-refractivity contribution < 1.29 is 18.7 Å². The van der Waals surface area contributed by atoms with Gasteiger partial charge in [0.2, 0.25) is 0 Å². The fourth-order valence-corrected chi connectivity index (χ4v) is 3.73. The molecule has 0 amide bonds. The van der Waals surface area contributed by atoms with E-state index in [1.54, 1.807) is 36.5 Å². The third-order valence-corrected chi connectivity index (χ3v) is 4.88. The number of benzene rings is 1. The van der Waals surface area contributed by atoms with Gasteiger partial charge in [-0.15, -0.1) is 0 Å². The minimum atomic E-state index is -0.877. The van der Waals surface area contributed by atoms with Gasteiger partial charge in [0.25, 0.3) is 0 Å². The lowest BCUT2D eigenvalue weighted by Crippen LogP contribution is -2.34. The number of halogens is 1. The number of ether oxygens (including phenoxy) is 1. The lowest BCUT2D eigenvalue weighted by molar-refractivity contribution is -0.151. The summed E-state index contributed by atoms with van der Waals surface area (Å²) < 4.78 is 18.3. The Hall–Kier alpha value is -2.27. The number of esters is 1. The minimum absolute atomic E-state index is 0.222. The van der Waals surface area contributed by atoms with Crippen LogP contribution in [0.1, 0.15) is 30.4 Å². The Morgan fingerprint density at radius 3 is 2.67 bits per heavy atom. The summed E-state index contributed by atoms with van der Waals surface area (Å²) >= 11 is 1.56. The topological polar surface area (TPSA) is 43.4 Å². The Morgan fingerprint density at radius 1 is 1.29 bits per heavy atom. The summed E-state index contributed by atoms with van der Waals surface area (Å²) in [6, 6.07) is 7.93. The predicted octanol–water partition coefficient (Wildman–Crippen LogP) is 4.21. The molecule has 1 aliphatic carbocycles. The standard InChI is InChI=1S/C19H17FO3S/c1-2-23-19(22)18-16(12-3-5-15(20)6-4-12)9-14(10-17(18)21)13-7-8-24-11-13/h3-8,10-11,16,18H,2,9H2,1H3. The molecule has 1 heterocycles.